The molecule has 0 radical (unpaired) electrons. The molecule has 0 aliphatic heterocycles. The Labute approximate surface area is 222 Å². The van der Waals surface area contributed by atoms with E-state index < -0.39 is 24.3 Å². The van der Waals surface area contributed by atoms with Gasteiger partial charge >= 0.3 is 12.1 Å². The van der Waals surface area contributed by atoms with Crippen LogP contribution < -0.4 is 20.9 Å². The Hall–Kier alpha value is -4.64. The van der Waals surface area contributed by atoms with Crippen molar-refractivity contribution in [1.82, 2.24) is 9.97 Å². The van der Waals surface area contributed by atoms with Crippen LogP contribution in [0.1, 0.15) is 17.2 Å². The van der Waals surface area contributed by atoms with Gasteiger partial charge in [0.1, 0.15) is 11.8 Å². The summed E-state index contributed by atoms with van der Waals surface area (Å²) in [5, 5.41) is 8.98. The van der Waals surface area contributed by atoms with Crippen molar-refractivity contribution in [3.63, 3.8) is 0 Å². The third-order valence-corrected chi connectivity index (χ3v) is 5.89. The minimum absolute atomic E-state index is 0.111. The molecule has 1 heterocycles. The zero-order valence-electron chi connectivity index (χ0n) is 20.7. The average Bonchev–Trinajstić information content (AvgIpc) is 2.91. The molecule has 1 aromatic heterocycles. The summed E-state index contributed by atoms with van der Waals surface area (Å²) >= 11 is 0. The highest BCUT2D eigenvalue weighted by molar-refractivity contribution is 5.73. The molecule has 0 aliphatic rings. The molecule has 4 aromatic rings. The summed E-state index contributed by atoms with van der Waals surface area (Å²) in [5.41, 5.74) is 14.2. The molecule has 0 fully saturated rings. The van der Waals surface area contributed by atoms with E-state index >= 15 is 0 Å². The second-order valence-corrected chi connectivity index (χ2v) is 8.69. The highest BCUT2D eigenvalue weighted by atomic mass is 19.4. The number of hydrogen-bond acceptors (Lipinski definition) is 7. The Bertz CT molecular complexity index is 1440. The number of nitrogen functional groups attached to an aromatic ring is 1. The summed E-state index contributed by atoms with van der Waals surface area (Å²) in [7, 11) is 1.53. The average molecular weight is 539 g/mol. The number of methoxy groups -OCH3 is 1. The number of nitrogens with zero attached hydrogens (tertiary/aromatic N) is 2. The quantitative estimate of drug-likeness (QED) is 0.270. The molecule has 11 heteroatoms. The van der Waals surface area contributed by atoms with Crippen LogP contribution in [-0.4, -0.2) is 40.4 Å². The Balaban J connectivity index is 1.58. The number of hydrogen-bond donors (Lipinski definition) is 3. The molecule has 0 spiro atoms. The molecule has 0 amide bonds. The van der Waals surface area contributed by atoms with Gasteiger partial charge in [0.2, 0.25) is 17.9 Å². The molecule has 0 aliphatic carbocycles. The lowest BCUT2D eigenvalue weighted by Crippen LogP contribution is -2.32. The fourth-order valence-electron chi connectivity index (χ4n) is 3.90. The van der Waals surface area contributed by atoms with Gasteiger partial charge in [-0.15, -0.1) is 0 Å². The van der Waals surface area contributed by atoms with Gasteiger partial charge in [0.25, 0.3) is 0 Å². The number of aliphatic carboxylic acids is 1. The molecular weight excluding hydrogens is 513 g/mol. The van der Waals surface area contributed by atoms with E-state index in [-0.39, 0.29) is 29.5 Å². The summed E-state index contributed by atoms with van der Waals surface area (Å²) in [6.45, 7) is 0. The number of benzene rings is 3. The summed E-state index contributed by atoms with van der Waals surface area (Å²) in [4.78, 5) is 18.9. The first kappa shape index (κ1) is 27.4. The topological polar surface area (TPSA) is 134 Å². The van der Waals surface area contributed by atoms with E-state index in [9.17, 15) is 18.0 Å². The van der Waals surface area contributed by atoms with Crippen molar-refractivity contribution in [2.24, 2.45) is 5.73 Å². The number of ether oxygens (including phenoxy) is 2. The van der Waals surface area contributed by atoms with E-state index in [1.54, 1.807) is 54.6 Å². The monoisotopic (exact) mass is 538 g/mol. The first-order valence-corrected chi connectivity index (χ1v) is 11.7. The molecule has 5 N–H and O–H groups in total. The van der Waals surface area contributed by atoms with Gasteiger partial charge in [-0.05, 0) is 35.2 Å². The number of rotatable bonds is 9. The van der Waals surface area contributed by atoms with Crippen molar-refractivity contribution in [2.75, 3.05) is 12.8 Å². The van der Waals surface area contributed by atoms with E-state index in [2.05, 4.69) is 9.97 Å². The second kappa shape index (κ2) is 11.4. The molecule has 0 saturated heterocycles. The Kier molecular flexibility index (Phi) is 8.01. The van der Waals surface area contributed by atoms with Gasteiger partial charge < -0.3 is 26.0 Å². The van der Waals surface area contributed by atoms with Crippen LogP contribution in [0.2, 0.25) is 0 Å². The van der Waals surface area contributed by atoms with Crippen LogP contribution in [0.5, 0.6) is 11.6 Å². The third-order valence-electron chi connectivity index (χ3n) is 5.89. The number of carboxylic acids is 1. The van der Waals surface area contributed by atoms with Crippen LogP contribution >= 0.6 is 0 Å². The number of nitrogens with two attached hydrogens (primary N) is 2. The SMILES string of the molecule is COc1cccc(-c2ccc(C(Oc3cc(-c4ccc(CC(N)C(=O)O)cc4)nc(N)n3)C(F)(F)F)cc2)c1. The molecule has 202 valence electrons. The van der Waals surface area contributed by atoms with Gasteiger partial charge in [-0.25, -0.2) is 4.98 Å². The number of halogens is 3. The summed E-state index contributed by atoms with van der Waals surface area (Å²) in [5.74, 6) is -1.12. The Morgan fingerprint density at radius 2 is 1.62 bits per heavy atom. The number of alkyl halides is 3. The third kappa shape index (κ3) is 6.82. The van der Waals surface area contributed by atoms with E-state index in [0.717, 1.165) is 5.56 Å². The molecule has 2 unspecified atom stereocenters. The van der Waals surface area contributed by atoms with Gasteiger partial charge in [-0.1, -0.05) is 60.7 Å². The van der Waals surface area contributed by atoms with Gasteiger partial charge in [0, 0.05) is 17.2 Å². The maximum Gasteiger partial charge on any atom is 0.429 e. The molecule has 2 atom stereocenters. The molecule has 0 saturated carbocycles. The van der Waals surface area contributed by atoms with Gasteiger partial charge in [0.15, 0.2) is 0 Å². The van der Waals surface area contributed by atoms with Crippen LogP contribution in [0, 0.1) is 0 Å². The van der Waals surface area contributed by atoms with Crippen molar-refractivity contribution < 1.29 is 32.5 Å². The van der Waals surface area contributed by atoms with Crippen molar-refractivity contribution in [1.29, 1.82) is 0 Å². The van der Waals surface area contributed by atoms with E-state index in [4.69, 9.17) is 26.0 Å². The minimum Gasteiger partial charge on any atom is -0.497 e. The zero-order valence-corrected chi connectivity index (χ0v) is 20.7. The van der Waals surface area contributed by atoms with Crippen molar-refractivity contribution >= 4 is 11.9 Å². The number of carboxylic acid groups (broad SMARTS) is 1. The van der Waals surface area contributed by atoms with Crippen LogP contribution in [0.25, 0.3) is 22.4 Å². The standard InChI is InChI=1S/C28H25F3N4O4/c1-38-21-4-2-3-20(14-21)17-9-11-19(12-10-17)25(28(29,30)31)39-24-15-23(34-27(33)35-24)18-7-5-16(6-8-18)13-22(32)26(36)37/h2-12,14-15,22,25H,13,32H2,1H3,(H,36,37)(H2,33,34,35). The first-order valence-electron chi connectivity index (χ1n) is 11.7. The highest BCUT2D eigenvalue weighted by Gasteiger charge is 2.43. The molecule has 39 heavy (non-hydrogen) atoms. The smallest absolute Gasteiger partial charge is 0.429 e. The van der Waals surface area contributed by atoms with Crippen LogP contribution in [0.3, 0.4) is 0 Å². The number of carbonyl (C=O) groups is 1. The second-order valence-electron chi connectivity index (χ2n) is 8.69. The molecular formula is C28H25F3N4O4. The molecule has 0 bridgehead atoms. The van der Waals surface area contributed by atoms with Crippen LogP contribution in [-0.2, 0) is 11.2 Å². The first-order chi connectivity index (χ1) is 18.5. The lowest BCUT2D eigenvalue weighted by atomic mass is 10.0. The maximum absolute atomic E-state index is 14.1. The van der Waals surface area contributed by atoms with Crippen LogP contribution in [0.4, 0.5) is 19.1 Å². The van der Waals surface area contributed by atoms with Crippen molar-refractivity contribution in [3.05, 3.63) is 90.0 Å². The summed E-state index contributed by atoms with van der Waals surface area (Å²) in [6.07, 6.45) is -6.94. The predicted octanol–water partition coefficient (Wildman–Crippen LogP) is 5.04. The van der Waals surface area contributed by atoms with Gasteiger partial charge in [-0.3, -0.25) is 4.79 Å². The summed E-state index contributed by atoms with van der Waals surface area (Å²) < 4.78 is 52.8. The summed E-state index contributed by atoms with van der Waals surface area (Å²) in [6, 6.07) is 19.8. The van der Waals surface area contributed by atoms with E-state index in [0.29, 0.717) is 22.4 Å². The number of aromatic nitrogens is 2. The Morgan fingerprint density at radius 1 is 0.949 bits per heavy atom. The number of anilines is 1. The molecule has 8 nitrogen and oxygen atoms in total. The normalized spacial score (nSPS) is 12.9. The predicted molar refractivity (Wildman–Crippen MR) is 139 cm³/mol. The zero-order chi connectivity index (χ0) is 28.2. The van der Waals surface area contributed by atoms with Gasteiger partial charge in [0.05, 0.1) is 12.8 Å². The Morgan fingerprint density at radius 3 is 2.23 bits per heavy atom. The fourth-order valence-corrected chi connectivity index (χ4v) is 3.90. The van der Waals surface area contributed by atoms with Crippen molar-refractivity contribution in [2.45, 2.75) is 24.7 Å². The fraction of sp³-hybridized carbons (Fsp3) is 0.179. The maximum atomic E-state index is 14.1. The van der Waals surface area contributed by atoms with Gasteiger partial charge in [-0.2, -0.15) is 18.2 Å². The van der Waals surface area contributed by atoms with E-state index in [1.807, 2.05) is 6.07 Å². The lowest BCUT2D eigenvalue weighted by molar-refractivity contribution is -0.198. The largest absolute Gasteiger partial charge is 0.497 e. The van der Waals surface area contributed by atoms with E-state index in [1.165, 1.54) is 25.3 Å². The minimum atomic E-state index is -4.75. The van der Waals surface area contributed by atoms with Crippen LogP contribution in [0.15, 0.2) is 78.9 Å². The van der Waals surface area contributed by atoms with Crippen molar-refractivity contribution in [3.8, 4) is 34.0 Å². The lowest BCUT2D eigenvalue weighted by Gasteiger charge is -2.22. The molecule has 3 aromatic carbocycles. The highest BCUT2D eigenvalue weighted by Crippen LogP contribution is 2.38. The molecule has 4 rings (SSSR count).